The zero-order chi connectivity index (χ0) is 15.1. The number of amides is 1. The minimum atomic E-state index is -1.03. The number of anilines is 1. The van der Waals surface area contributed by atoms with Crippen LogP contribution in [0, 0.1) is 11.6 Å². The molecule has 0 radical (unpaired) electrons. The van der Waals surface area contributed by atoms with Gasteiger partial charge in [0.15, 0.2) is 11.6 Å². The molecule has 3 rings (SSSR count). The van der Waals surface area contributed by atoms with Crippen molar-refractivity contribution in [2.75, 3.05) is 4.90 Å². The summed E-state index contributed by atoms with van der Waals surface area (Å²) in [5, 5.41) is 0.327. The average Bonchev–Trinajstić information content (AvgIpc) is 2.69. The number of hydrogen-bond donors (Lipinski definition) is 0. The Morgan fingerprint density at radius 2 is 1.86 bits per heavy atom. The number of ketones is 1. The second kappa shape index (κ2) is 4.93. The number of carbonyl (C=O) groups excluding carboxylic acids is 2. The van der Waals surface area contributed by atoms with Gasteiger partial charge in [-0.3, -0.25) is 9.59 Å². The van der Waals surface area contributed by atoms with Gasteiger partial charge in [0.2, 0.25) is 0 Å². The van der Waals surface area contributed by atoms with Crippen LogP contribution in [-0.4, -0.2) is 11.7 Å². The van der Waals surface area contributed by atoms with Crippen LogP contribution < -0.4 is 4.90 Å². The van der Waals surface area contributed by atoms with Gasteiger partial charge in [-0.15, -0.1) is 0 Å². The number of fused-ring (bicyclic) bond motifs is 1. The molecule has 1 aliphatic rings. The van der Waals surface area contributed by atoms with E-state index in [1.165, 1.54) is 30.3 Å². The quantitative estimate of drug-likeness (QED) is 0.798. The standard InChI is InChI=1S/C15H8ClF2NO2/c16-9-4-5-12-10(6-9)14(20)15(21)19(12)7-8-2-1-3-11(17)13(8)18/h1-6H,7H2. The van der Waals surface area contributed by atoms with Crippen LogP contribution in [0.5, 0.6) is 0 Å². The first-order valence-electron chi connectivity index (χ1n) is 6.07. The topological polar surface area (TPSA) is 37.4 Å². The maximum Gasteiger partial charge on any atom is 0.299 e. The van der Waals surface area contributed by atoms with Crippen molar-refractivity contribution in [3.05, 3.63) is 64.2 Å². The number of halogens is 3. The van der Waals surface area contributed by atoms with Gasteiger partial charge in [0, 0.05) is 10.6 Å². The fourth-order valence-electron chi connectivity index (χ4n) is 2.27. The van der Waals surface area contributed by atoms with E-state index in [4.69, 9.17) is 11.6 Å². The molecule has 0 bridgehead atoms. The van der Waals surface area contributed by atoms with E-state index in [0.29, 0.717) is 10.7 Å². The Hall–Kier alpha value is -2.27. The van der Waals surface area contributed by atoms with Crippen molar-refractivity contribution in [3.8, 4) is 0 Å². The Balaban J connectivity index is 2.03. The molecule has 6 heteroatoms. The molecule has 1 aliphatic heterocycles. The molecule has 1 heterocycles. The first kappa shape index (κ1) is 13.7. The largest absolute Gasteiger partial charge is 0.300 e. The van der Waals surface area contributed by atoms with Gasteiger partial charge in [-0.1, -0.05) is 23.7 Å². The molecule has 0 fully saturated rings. The molecular weight excluding hydrogens is 300 g/mol. The van der Waals surface area contributed by atoms with Crippen LogP contribution in [0.15, 0.2) is 36.4 Å². The molecule has 0 atom stereocenters. The molecule has 0 aliphatic carbocycles. The molecular formula is C15H8ClF2NO2. The van der Waals surface area contributed by atoms with Crippen molar-refractivity contribution < 1.29 is 18.4 Å². The molecule has 0 saturated heterocycles. The molecule has 0 spiro atoms. The number of benzene rings is 2. The van der Waals surface area contributed by atoms with Crippen molar-refractivity contribution >= 4 is 29.0 Å². The van der Waals surface area contributed by atoms with Crippen LogP contribution in [-0.2, 0) is 11.3 Å². The lowest BCUT2D eigenvalue weighted by Gasteiger charge is -2.17. The van der Waals surface area contributed by atoms with Gasteiger partial charge >= 0.3 is 0 Å². The first-order valence-corrected chi connectivity index (χ1v) is 6.45. The van der Waals surface area contributed by atoms with Gasteiger partial charge in [0.05, 0.1) is 17.8 Å². The van der Waals surface area contributed by atoms with Crippen molar-refractivity contribution in [1.29, 1.82) is 0 Å². The van der Waals surface area contributed by atoms with E-state index in [1.807, 2.05) is 0 Å². The summed E-state index contributed by atoms with van der Waals surface area (Å²) in [5.41, 5.74) is 0.515. The van der Waals surface area contributed by atoms with Crippen LogP contribution in [0.3, 0.4) is 0 Å². The molecule has 1 amide bonds. The lowest BCUT2D eigenvalue weighted by atomic mass is 10.1. The minimum Gasteiger partial charge on any atom is -0.300 e. The first-order chi connectivity index (χ1) is 9.99. The number of carbonyl (C=O) groups is 2. The van der Waals surface area contributed by atoms with Gasteiger partial charge in [-0.25, -0.2) is 8.78 Å². The van der Waals surface area contributed by atoms with Crippen LogP contribution >= 0.6 is 11.6 Å². The lowest BCUT2D eigenvalue weighted by Crippen LogP contribution is -2.29. The third-order valence-corrected chi connectivity index (χ3v) is 3.53. The Morgan fingerprint density at radius 3 is 2.62 bits per heavy atom. The molecule has 0 aromatic heterocycles. The van der Waals surface area contributed by atoms with E-state index in [9.17, 15) is 18.4 Å². The highest BCUT2D eigenvalue weighted by atomic mass is 35.5. The van der Waals surface area contributed by atoms with E-state index in [2.05, 4.69) is 0 Å². The van der Waals surface area contributed by atoms with Gasteiger partial charge < -0.3 is 4.90 Å². The average molecular weight is 308 g/mol. The molecule has 2 aromatic rings. The zero-order valence-electron chi connectivity index (χ0n) is 10.6. The molecule has 106 valence electrons. The Bertz CT molecular complexity index is 776. The molecule has 0 N–H and O–H groups in total. The summed E-state index contributed by atoms with van der Waals surface area (Å²) in [5.74, 6) is -3.51. The predicted octanol–water partition coefficient (Wildman–Crippen LogP) is 3.35. The van der Waals surface area contributed by atoms with Crippen molar-refractivity contribution in [2.24, 2.45) is 0 Å². The Morgan fingerprint density at radius 1 is 1.10 bits per heavy atom. The summed E-state index contributed by atoms with van der Waals surface area (Å²) in [6.45, 7) is -0.219. The van der Waals surface area contributed by atoms with E-state index < -0.39 is 23.3 Å². The van der Waals surface area contributed by atoms with Crippen molar-refractivity contribution in [3.63, 3.8) is 0 Å². The van der Waals surface area contributed by atoms with Crippen LogP contribution in [0.2, 0.25) is 5.02 Å². The van der Waals surface area contributed by atoms with Gasteiger partial charge in [-0.05, 0) is 24.3 Å². The maximum atomic E-state index is 13.7. The highest BCUT2D eigenvalue weighted by molar-refractivity contribution is 6.52. The normalized spacial score (nSPS) is 13.8. The van der Waals surface area contributed by atoms with Crippen LogP contribution in [0.1, 0.15) is 15.9 Å². The summed E-state index contributed by atoms with van der Waals surface area (Å²) in [6.07, 6.45) is 0. The Labute approximate surface area is 123 Å². The number of rotatable bonds is 2. The Kier molecular flexibility index (Phi) is 3.22. The van der Waals surface area contributed by atoms with E-state index in [-0.39, 0.29) is 17.7 Å². The highest BCUT2D eigenvalue weighted by Gasteiger charge is 2.36. The molecule has 0 unspecified atom stereocenters. The van der Waals surface area contributed by atoms with Crippen molar-refractivity contribution in [2.45, 2.75) is 6.54 Å². The molecule has 0 saturated carbocycles. The van der Waals surface area contributed by atoms with Gasteiger partial charge in [0.1, 0.15) is 0 Å². The fourth-order valence-corrected chi connectivity index (χ4v) is 2.44. The highest BCUT2D eigenvalue weighted by Crippen LogP contribution is 2.32. The van der Waals surface area contributed by atoms with Gasteiger partial charge in [-0.2, -0.15) is 0 Å². The number of hydrogen-bond acceptors (Lipinski definition) is 2. The van der Waals surface area contributed by atoms with Gasteiger partial charge in [0.25, 0.3) is 11.7 Å². The lowest BCUT2D eigenvalue weighted by molar-refractivity contribution is -0.114. The second-order valence-electron chi connectivity index (χ2n) is 4.59. The van der Waals surface area contributed by atoms with E-state index in [0.717, 1.165) is 11.0 Å². The van der Waals surface area contributed by atoms with Crippen LogP contribution in [0.4, 0.5) is 14.5 Å². The predicted molar refractivity (Wildman–Crippen MR) is 73.3 cm³/mol. The SMILES string of the molecule is O=C1C(=O)N(Cc2cccc(F)c2F)c2ccc(Cl)cc21. The molecule has 2 aromatic carbocycles. The third kappa shape index (κ3) is 2.19. The van der Waals surface area contributed by atoms with E-state index in [1.54, 1.807) is 0 Å². The summed E-state index contributed by atoms with van der Waals surface area (Å²) < 4.78 is 26.9. The summed E-state index contributed by atoms with van der Waals surface area (Å²) in [4.78, 5) is 25.0. The monoisotopic (exact) mass is 307 g/mol. The zero-order valence-corrected chi connectivity index (χ0v) is 11.3. The number of Topliss-reactive ketones (excluding diaryl/α,β-unsaturated/α-hetero) is 1. The van der Waals surface area contributed by atoms with Crippen molar-refractivity contribution in [1.82, 2.24) is 0 Å². The number of nitrogens with zero attached hydrogens (tertiary/aromatic N) is 1. The third-order valence-electron chi connectivity index (χ3n) is 3.29. The smallest absolute Gasteiger partial charge is 0.299 e. The van der Waals surface area contributed by atoms with Crippen LogP contribution in [0.25, 0.3) is 0 Å². The second-order valence-corrected chi connectivity index (χ2v) is 5.03. The summed E-state index contributed by atoms with van der Waals surface area (Å²) >= 11 is 5.80. The summed E-state index contributed by atoms with van der Waals surface area (Å²) in [6, 6.07) is 8.13. The fraction of sp³-hybridized carbons (Fsp3) is 0.0667. The minimum absolute atomic E-state index is 0.000972. The molecule has 3 nitrogen and oxygen atoms in total. The molecule has 21 heavy (non-hydrogen) atoms. The summed E-state index contributed by atoms with van der Waals surface area (Å²) in [7, 11) is 0. The maximum absolute atomic E-state index is 13.7. The van der Waals surface area contributed by atoms with E-state index >= 15 is 0 Å².